The summed E-state index contributed by atoms with van der Waals surface area (Å²) < 4.78 is 2.23. The number of nitrogens with zero attached hydrogens (tertiary/aromatic N) is 1. The summed E-state index contributed by atoms with van der Waals surface area (Å²) in [5, 5.41) is 8.69. The van der Waals surface area contributed by atoms with E-state index in [4.69, 9.17) is 10.7 Å². The van der Waals surface area contributed by atoms with Gasteiger partial charge in [0.2, 0.25) is 0 Å². The van der Waals surface area contributed by atoms with Crippen LogP contribution >= 0.6 is 31.9 Å². The first kappa shape index (κ1) is 18.4. The lowest BCUT2D eigenvalue weighted by atomic mass is 10.0. The highest BCUT2D eigenvalue weighted by atomic mass is 79.9. The van der Waals surface area contributed by atoms with E-state index in [0.29, 0.717) is 5.96 Å². The maximum Gasteiger partial charge on any atom is 0.189 e. The fraction of sp³-hybridized carbons (Fsp3) is 0.160. The first-order valence-electron chi connectivity index (χ1n) is 10.1. The molecule has 0 radical (unpaired) electrons. The summed E-state index contributed by atoms with van der Waals surface area (Å²) in [4.78, 5) is 4.91. The lowest BCUT2D eigenvalue weighted by Crippen LogP contribution is -2.35. The maximum atomic E-state index is 6.44. The van der Waals surface area contributed by atoms with Gasteiger partial charge in [0.1, 0.15) is 0 Å². The molecule has 2 aliphatic rings. The van der Waals surface area contributed by atoms with Crippen LogP contribution in [-0.2, 0) is 12.8 Å². The molecule has 0 heterocycles. The third-order valence-corrected chi connectivity index (χ3v) is 7.22. The molecular weight excluding hydrogens is 502 g/mol. The van der Waals surface area contributed by atoms with E-state index in [1.54, 1.807) is 0 Å². The van der Waals surface area contributed by atoms with Crippen LogP contribution in [0.4, 0.5) is 0 Å². The second-order valence-corrected chi connectivity index (χ2v) is 9.99. The van der Waals surface area contributed by atoms with E-state index in [9.17, 15) is 0 Å². The normalized spacial score (nSPS) is 19.7. The largest absolute Gasteiger partial charge is 0.370 e. The van der Waals surface area contributed by atoms with Crippen LogP contribution in [0.2, 0.25) is 0 Å². The van der Waals surface area contributed by atoms with Crippen molar-refractivity contribution in [3.05, 3.63) is 91.9 Å². The standard InChI is InChI=1S/C25H19Br2N3/c26-17-7-13-3-1-5-19-21(11-15(9-17)23(13)19)29-25(28)30-22-12-16-10-18(27)8-14-4-2-6-20(22)24(14)16/h1-10,21-22H,11-12H2,(H3,28,29,30). The van der Waals surface area contributed by atoms with Crippen molar-refractivity contribution in [3.63, 3.8) is 0 Å². The highest BCUT2D eigenvalue weighted by Crippen LogP contribution is 2.41. The Morgan fingerprint density at radius 3 is 2.13 bits per heavy atom. The Kier molecular flexibility index (Phi) is 4.19. The number of benzene rings is 4. The predicted molar refractivity (Wildman–Crippen MR) is 131 cm³/mol. The van der Waals surface area contributed by atoms with Gasteiger partial charge in [-0.3, -0.25) is 0 Å². The van der Waals surface area contributed by atoms with Crippen LogP contribution in [0.3, 0.4) is 0 Å². The molecule has 0 bridgehead atoms. The van der Waals surface area contributed by atoms with Gasteiger partial charge in [-0.25, -0.2) is 4.99 Å². The predicted octanol–water partition coefficient (Wildman–Crippen LogP) is 6.32. The van der Waals surface area contributed by atoms with Crippen LogP contribution in [-0.4, -0.2) is 5.96 Å². The van der Waals surface area contributed by atoms with Crippen LogP contribution in [0.25, 0.3) is 21.5 Å². The molecule has 4 aromatic carbocycles. The van der Waals surface area contributed by atoms with E-state index in [1.165, 1.54) is 43.8 Å². The Hall–Kier alpha value is -2.37. The molecule has 3 N–H and O–H groups in total. The Bertz CT molecular complexity index is 1380. The zero-order valence-electron chi connectivity index (χ0n) is 16.1. The minimum absolute atomic E-state index is 0.0548. The van der Waals surface area contributed by atoms with Crippen LogP contribution < -0.4 is 11.1 Å². The third kappa shape index (κ3) is 2.87. The molecular formula is C25H19Br2N3. The molecule has 3 nitrogen and oxygen atoms in total. The quantitative estimate of drug-likeness (QED) is 0.240. The van der Waals surface area contributed by atoms with Crippen molar-refractivity contribution in [2.45, 2.75) is 24.9 Å². The lowest BCUT2D eigenvalue weighted by Gasteiger charge is -2.16. The van der Waals surface area contributed by atoms with Crippen LogP contribution in [0.15, 0.2) is 74.6 Å². The highest BCUT2D eigenvalue weighted by molar-refractivity contribution is 9.10. The van der Waals surface area contributed by atoms with Crippen LogP contribution in [0.1, 0.15) is 34.3 Å². The molecule has 0 saturated heterocycles. The molecule has 6 rings (SSSR count). The summed E-state index contributed by atoms with van der Waals surface area (Å²) in [6, 6.07) is 21.9. The van der Waals surface area contributed by atoms with Crippen LogP contribution in [0.5, 0.6) is 0 Å². The fourth-order valence-corrected chi connectivity index (χ4v) is 6.23. The maximum absolute atomic E-state index is 6.44. The Morgan fingerprint density at radius 1 is 0.833 bits per heavy atom. The molecule has 0 fully saturated rings. The summed E-state index contributed by atoms with van der Waals surface area (Å²) in [5.41, 5.74) is 11.7. The fourth-order valence-electron chi connectivity index (χ4n) is 5.18. The molecule has 0 spiro atoms. The van der Waals surface area contributed by atoms with Crippen molar-refractivity contribution in [2.24, 2.45) is 10.7 Å². The van der Waals surface area contributed by atoms with E-state index >= 15 is 0 Å². The summed E-state index contributed by atoms with van der Waals surface area (Å²) >= 11 is 7.27. The summed E-state index contributed by atoms with van der Waals surface area (Å²) in [6.45, 7) is 0. The van der Waals surface area contributed by atoms with Crippen molar-refractivity contribution in [1.29, 1.82) is 0 Å². The molecule has 2 unspecified atom stereocenters. The monoisotopic (exact) mass is 519 g/mol. The lowest BCUT2D eigenvalue weighted by molar-refractivity contribution is 0.653. The highest BCUT2D eigenvalue weighted by Gasteiger charge is 2.27. The third-order valence-electron chi connectivity index (χ3n) is 6.30. The number of guanidine groups is 1. The molecule has 0 aliphatic heterocycles. The number of aliphatic imine (C=N–C) groups is 1. The van der Waals surface area contributed by atoms with Crippen molar-refractivity contribution in [1.82, 2.24) is 5.32 Å². The SMILES string of the molecule is NC(=NC1Cc2cc(Br)cc3cccc1c23)NC1Cc2cc(Br)cc3cccc1c23. The Labute approximate surface area is 191 Å². The second kappa shape index (κ2) is 6.82. The topological polar surface area (TPSA) is 50.4 Å². The van der Waals surface area contributed by atoms with E-state index < -0.39 is 0 Å². The molecule has 30 heavy (non-hydrogen) atoms. The van der Waals surface area contributed by atoms with Gasteiger partial charge in [-0.1, -0.05) is 68.3 Å². The second-order valence-electron chi connectivity index (χ2n) is 8.16. The van der Waals surface area contributed by atoms with Gasteiger partial charge in [0.15, 0.2) is 5.96 Å². The zero-order chi connectivity index (χ0) is 20.4. The van der Waals surface area contributed by atoms with Crippen LogP contribution in [0, 0.1) is 0 Å². The molecule has 4 aromatic rings. The average Bonchev–Trinajstić information content (AvgIpc) is 3.22. The van der Waals surface area contributed by atoms with E-state index in [-0.39, 0.29) is 12.1 Å². The molecule has 5 heteroatoms. The van der Waals surface area contributed by atoms with E-state index in [2.05, 4.69) is 97.8 Å². The van der Waals surface area contributed by atoms with Gasteiger partial charge < -0.3 is 11.1 Å². The zero-order valence-corrected chi connectivity index (χ0v) is 19.3. The Morgan fingerprint density at radius 2 is 1.43 bits per heavy atom. The van der Waals surface area contributed by atoms with Gasteiger partial charge in [0, 0.05) is 8.95 Å². The summed E-state index contributed by atoms with van der Waals surface area (Å²) in [7, 11) is 0. The molecule has 0 aromatic heterocycles. The number of nitrogens with one attached hydrogen (secondary N) is 1. The molecule has 0 amide bonds. The number of rotatable bonds is 2. The summed E-state index contributed by atoms with van der Waals surface area (Å²) in [6.07, 6.45) is 1.80. The van der Waals surface area contributed by atoms with Gasteiger partial charge in [0.25, 0.3) is 0 Å². The molecule has 2 aliphatic carbocycles. The number of hydrogen-bond acceptors (Lipinski definition) is 1. The average molecular weight is 521 g/mol. The number of hydrogen-bond donors (Lipinski definition) is 2. The minimum atomic E-state index is 0.0548. The van der Waals surface area contributed by atoms with Gasteiger partial charge in [-0.05, 0) is 80.9 Å². The first-order chi connectivity index (χ1) is 14.6. The van der Waals surface area contributed by atoms with Crippen molar-refractivity contribution >= 4 is 59.4 Å². The van der Waals surface area contributed by atoms with E-state index in [0.717, 1.165) is 21.8 Å². The number of nitrogens with two attached hydrogens (primary N) is 1. The molecule has 148 valence electrons. The van der Waals surface area contributed by atoms with Gasteiger partial charge in [-0.2, -0.15) is 0 Å². The van der Waals surface area contributed by atoms with Crippen molar-refractivity contribution < 1.29 is 0 Å². The van der Waals surface area contributed by atoms with Gasteiger partial charge >= 0.3 is 0 Å². The Balaban J connectivity index is 1.32. The molecule has 2 atom stereocenters. The summed E-state index contributed by atoms with van der Waals surface area (Å²) in [5.74, 6) is 0.512. The van der Waals surface area contributed by atoms with Crippen molar-refractivity contribution in [2.75, 3.05) is 0 Å². The number of halogens is 2. The first-order valence-corrected chi connectivity index (χ1v) is 11.7. The van der Waals surface area contributed by atoms with Gasteiger partial charge in [0.05, 0.1) is 12.1 Å². The van der Waals surface area contributed by atoms with Crippen molar-refractivity contribution in [3.8, 4) is 0 Å². The minimum Gasteiger partial charge on any atom is -0.370 e. The smallest absolute Gasteiger partial charge is 0.189 e. The van der Waals surface area contributed by atoms with E-state index in [1.807, 2.05) is 0 Å². The molecule has 0 saturated carbocycles. The van der Waals surface area contributed by atoms with Gasteiger partial charge in [-0.15, -0.1) is 0 Å².